The van der Waals surface area contributed by atoms with Crippen LogP contribution < -0.4 is 5.73 Å². The lowest BCUT2D eigenvalue weighted by atomic mass is 9.95. The van der Waals surface area contributed by atoms with Gasteiger partial charge in [-0.15, -0.1) is 0 Å². The molecule has 0 aliphatic heterocycles. The number of aryl methyl sites for hydroxylation is 1. The normalized spacial score (nSPS) is 19.1. The van der Waals surface area contributed by atoms with Crippen LogP contribution in [0.1, 0.15) is 44.3 Å². The minimum atomic E-state index is -0.696. The van der Waals surface area contributed by atoms with Gasteiger partial charge < -0.3 is 19.7 Å². The van der Waals surface area contributed by atoms with Gasteiger partial charge in [-0.2, -0.15) is 4.98 Å². The summed E-state index contributed by atoms with van der Waals surface area (Å²) in [6.07, 6.45) is 5.43. The molecule has 2 N–H and O–H groups in total. The molecule has 1 aliphatic carbocycles. The maximum Gasteiger partial charge on any atom is 0.226 e. The first kappa shape index (κ1) is 14.4. The van der Waals surface area contributed by atoms with Crippen LogP contribution in [0.5, 0.6) is 0 Å². The summed E-state index contributed by atoms with van der Waals surface area (Å²) >= 11 is 0. The van der Waals surface area contributed by atoms with E-state index in [1.165, 1.54) is 6.42 Å². The molecule has 6 heteroatoms. The van der Waals surface area contributed by atoms with Crippen molar-refractivity contribution in [2.24, 2.45) is 5.73 Å². The topological polar surface area (TPSA) is 83.4 Å². The van der Waals surface area contributed by atoms with Crippen molar-refractivity contribution >= 4 is 0 Å². The SMILES string of the molecule is COCCCc1nc(C(C)(N)COC2CCC2)no1. The van der Waals surface area contributed by atoms with Gasteiger partial charge in [0.1, 0.15) is 5.54 Å². The summed E-state index contributed by atoms with van der Waals surface area (Å²) in [5.74, 6) is 1.12. The van der Waals surface area contributed by atoms with E-state index < -0.39 is 5.54 Å². The zero-order chi connectivity index (χ0) is 13.7. The Morgan fingerprint density at radius 3 is 2.89 bits per heavy atom. The maximum atomic E-state index is 6.20. The van der Waals surface area contributed by atoms with Crippen molar-refractivity contribution in [1.82, 2.24) is 10.1 Å². The molecule has 0 radical (unpaired) electrons. The Morgan fingerprint density at radius 2 is 2.26 bits per heavy atom. The van der Waals surface area contributed by atoms with Gasteiger partial charge >= 0.3 is 0 Å². The maximum absolute atomic E-state index is 6.20. The molecule has 1 aromatic heterocycles. The predicted molar refractivity (Wildman–Crippen MR) is 69.6 cm³/mol. The van der Waals surface area contributed by atoms with Crippen LogP contribution >= 0.6 is 0 Å². The highest BCUT2D eigenvalue weighted by Crippen LogP contribution is 2.24. The van der Waals surface area contributed by atoms with Crippen LogP contribution in [0.4, 0.5) is 0 Å². The fraction of sp³-hybridized carbons (Fsp3) is 0.846. The summed E-state index contributed by atoms with van der Waals surface area (Å²) in [6.45, 7) is 2.98. The first-order valence-electron chi connectivity index (χ1n) is 6.84. The smallest absolute Gasteiger partial charge is 0.226 e. The molecular weight excluding hydrogens is 246 g/mol. The number of nitrogens with two attached hydrogens (primary N) is 1. The van der Waals surface area contributed by atoms with Crippen LogP contribution in [0.25, 0.3) is 0 Å². The summed E-state index contributed by atoms with van der Waals surface area (Å²) < 4.78 is 15.9. The second-order valence-electron chi connectivity index (χ2n) is 5.39. The van der Waals surface area contributed by atoms with Crippen LogP contribution in [0, 0.1) is 0 Å². The van der Waals surface area contributed by atoms with Crippen molar-refractivity contribution in [1.29, 1.82) is 0 Å². The van der Waals surface area contributed by atoms with E-state index in [1.807, 2.05) is 6.92 Å². The predicted octanol–water partition coefficient (Wildman–Crippen LogP) is 1.39. The largest absolute Gasteiger partial charge is 0.385 e. The van der Waals surface area contributed by atoms with Crippen molar-refractivity contribution in [3.05, 3.63) is 11.7 Å². The fourth-order valence-electron chi connectivity index (χ4n) is 1.85. The van der Waals surface area contributed by atoms with Gasteiger partial charge in [-0.25, -0.2) is 0 Å². The van der Waals surface area contributed by atoms with Gasteiger partial charge in [0.15, 0.2) is 5.82 Å². The molecule has 108 valence electrons. The Bertz CT molecular complexity index is 388. The van der Waals surface area contributed by atoms with E-state index in [-0.39, 0.29) is 0 Å². The molecule has 1 aliphatic rings. The summed E-state index contributed by atoms with van der Waals surface area (Å²) in [5, 5.41) is 3.96. The Morgan fingerprint density at radius 1 is 1.47 bits per heavy atom. The molecule has 1 fully saturated rings. The Kier molecular flexibility index (Phi) is 4.90. The van der Waals surface area contributed by atoms with E-state index in [9.17, 15) is 0 Å². The molecule has 2 rings (SSSR count). The highest BCUT2D eigenvalue weighted by atomic mass is 16.5. The van der Waals surface area contributed by atoms with Gasteiger partial charge in [0.25, 0.3) is 0 Å². The summed E-state index contributed by atoms with van der Waals surface area (Å²) in [5.41, 5.74) is 5.50. The van der Waals surface area contributed by atoms with Crippen LogP contribution in [0.15, 0.2) is 4.52 Å². The lowest BCUT2D eigenvalue weighted by molar-refractivity contribution is -0.0222. The molecule has 1 unspecified atom stereocenters. The average Bonchev–Trinajstić information content (AvgIpc) is 2.76. The number of methoxy groups -OCH3 is 1. The van der Waals surface area contributed by atoms with Gasteiger partial charge in [-0.3, -0.25) is 0 Å². The quantitative estimate of drug-likeness (QED) is 0.718. The second-order valence-corrected chi connectivity index (χ2v) is 5.39. The Hall–Kier alpha value is -0.980. The number of rotatable bonds is 8. The summed E-state index contributed by atoms with van der Waals surface area (Å²) in [4.78, 5) is 4.34. The monoisotopic (exact) mass is 269 g/mol. The van der Waals surface area contributed by atoms with Crippen LogP contribution in [-0.2, 0) is 21.4 Å². The van der Waals surface area contributed by atoms with E-state index >= 15 is 0 Å². The van der Waals surface area contributed by atoms with Crippen LogP contribution in [0.3, 0.4) is 0 Å². The van der Waals surface area contributed by atoms with E-state index in [2.05, 4.69) is 10.1 Å². The van der Waals surface area contributed by atoms with Gasteiger partial charge in [-0.05, 0) is 32.6 Å². The number of hydrogen-bond acceptors (Lipinski definition) is 6. The minimum Gasteiger partial charge on any atom is -0.385 e. The van der Waals surface area contributed by atoms with Gasteiger partial charge in [-0.1, -0.05) is 5.16 Å². The Labute approximate surface area is 113 Å². The molecule has 0 spiro atoms. The van der Waals surface area contributed by atoms with E-state index in [1.54, 1.807) is 7.11 Å². The molecule has 0 bridgehead atoms. The van der Waals surface area contributed by atoms with Crippen molar-refractivity contribution in [2.45, 2.75) is 50.7 Å². The third-order valence-electron chi connectivity index (χ3n) is 3.39. The van der Waals surface area contributed by atoms with Crippen molar-refractivity contribution in [3.63, 3.8) is 0 Å². The Balaban J connectivity index is 1.84. The average molecular weight is 269 g/mol. The molecule has 0 aromatic carbocycles. The lowest BCUT2D eigenvalue weighted by Crippen LogP contribution is -2.41. The molecule has 0 amide bonds. The van der Waals surface area contributed by atoms with Crippen molar-refractivity contribution < 1.29 is 14.0 Å². The van der Waals surface area contributed by atoms with E-state index in [4.69, 9.17) is 19.7 Å². The van der Waals surface area contributed by atoms with Gasteiger partial charge in [0.05, 0.1) is 12.7 Å². The summed E-state index contributed by atoms with van der Waals surface area (Å²) in [6, 6.07) is 0. The number of ether oxygens (including phenoxy) is 2. The zero-order valence-corrected chi connectivity index (χ0v) is 11.7. The molecule has 1 saturated carbocycles. The molecular formula is C13H23N3O3. The van der Waals surface area contributed by atoms with Crippen LogP contribution in [-0.4, -0.2) is 36.6 Å². The summed E-state index contributed by atoms with van der Waals surface area (Å²) in [7, 11) is 1.67. The fourth-order valence-corrected chi connectivity index (χ4v) is 1.85. The standard InChI is InChI=1S/C13H23N3O3/c1-13(14,9-18-10-5-3-6-10)12-15-11(19-16-12)7-4-8-17-2/h10H,3-9,14H2,1-2H3. The number of aromatic nitrogens is 2. The molecule has 1 aromatic rings. The van der Waals surface area contributed by atoms with Crippen LogP contribution in [0.2, 0.25) is 0 Å². The van der Waals surface area contributed by atoms with Gasteiger partial charge in [0.2, 0.25) is 5.89 Å². The number of hydrogen-bond donors (Lipinski definition) is 1. The van der Waals surface area contributed by atoms with Gasteiger partial charge in [0, 0.05) is 20.1 Å². The molecule has 1 atom stereocenters. The van der Waals surface area contributed by atoms with E-state index in [0.29, 0.717) is 37.5 Å². The van der Waals surface area contributed by atoms with Crippen molar-refractivity contribution in [3.8, 4) is 0 Å². The highest BCUT2D eigenvalue weighted by molar-refractivity contribution is 5.02. The van der Waals surface area contributed by atoms with E-state index in [0.717, 1.165) is 19.3 Å². The van der Waals surface area contributed by atoms with Crippen molar-refractivity contribution in [2.75, 3.05) is 20.3 Å². The molecule has 0 saturated heterocycles. The second kappa shape index (κ2) is 6.45. The highest BCUT2D eigenvalue weighted by Gasteiger charge is 2.30. The first-order valence-corrected chi connectivity index (χ1v) is 6.84. The minimum absolute atomic E-state index is 0.357. The first-order chi connectivity index (χ1) is 9.12. The molecule has 6 nitrogen and oxygen atoms in total. The lowest BCUT2D eigenvalue weighted by Gasteiger charge is -2.29. The third kappa shape index (κ3) is 3.99. The molecule has 19 heavy (non-hydrogen) atoms. The molecule has 1 heterocycles. The number of nitrogens with zero attached hydrogens (tertiary/aromatic N) is 2. The zero-order valence-electron chi connectivity index (χ0n) is 11.7. The third-order valence-corrected chi connectivity index (χ3v) is 3.39.